The maximum atomic E-state index is 12.6. The first kappa shape index (κ1) is 15.6. The van der Waals surface area contributed by atoms with Gasteiger partial charge in [-0.3, -0.25) is 4.79 Å². The molecule has 1 amide bonds. The molecule has 0 aliphatic carbocycles. The first-order valence-corrected chi connectivity index (χ1v) is 8.32. The summed E-state index contributed by atoms with van der Waals surface area (Å²) in [4.78, 5) is 28.6. The highest BCUT2D eigenvalue weighted by Crippen LogP contribution is 2.39. The number of rotatable bonds is 1. The Kier molecular flexibility index (Phi) is 3.65. The van der Waals surface area contributed by atoms with E-state index in [1.54, 1.807) is 0 Å². The molecule has 2 heterocycles. The minimum atomic E-state index is -0.526. The lowest BCUT2D eigenvalue weighted by Crippen LogP contribution is -2.13. The summed E-state index contributed by atoms with van der Waals surface area (Å²) in [5, 5.41) is 10.0. The fourth-order valence-corrected chi connectivity index (χ4v) is 3.27. The molecule has 0 atom stereocenters. The van der Waals surface area contributed by atoms with Gasteiger partial charge in [-0.25, -0.2) is 4.79 Å². The quantitative estimate of drug-likeness (QED) is 0.438. The molecule has 2 aliphatic heterocycles. The van der Waals surface area contributed by atoms with Gasteiger partial charge in [0, 0.05) is 28.2 Å². The van der Waals surface area contributed by atoms with Gasteiger partial charge >= 0.3 is 5.97 Å². The van der Waals surface area contributed by atoms with Gasteiger partial charge in [-0.05, 0) is 18.2 Å². The Morgan fingerprint density at radius 2 is 1.88 bits per heavy atom. The molecule has 2 N–H and O–H groups in total. The second kappa shape index (κ2) is 5.86. The monoisotopic (exact) mass is 397 g/mol. The molecular formula is C18H12BrN3O3. The number of amides is 1. The Balaban J connectivity index is 1.92. The molecule has 0 saturated carbocycles. The summed E-state index contributed by atoms with van der Waals surface area (Å²) in [6, 6.07) is 13.0. The van der Waals surface area contributed by atoms with E-state index in [2.05, 4.69) is 31.7 Å². The van der Waals surface area contributed by atoms with Gasteiger partial charge in [-0.15, -0.1) is 0 Å². The molecule has 25 heavy (non-hydrogen) atoms. The van der Waals surface area contributed by atoms with Crippen LogP contribution in [-0.2, 0) is 14.4 Å². The van der Waals surface area contributed by atoms with Gasteiger partial charge in [0.05, 0.1) is 17.0 Å². The van der Waals surface area contributed by atoms with Crippen LogP contribution in [0.1, 0.15) is 18.1 Å². The molecule has 2 aromatic rings. The number of nitrogens with one attached hydrogen (secondary N) is 2. The van der Waals surface area contributed by atoms with E-state index in [4.69, 9.17) is 4.84 Å². The maximum absolute atomic E-state index is 12.6. The summed E-state index contributed by atoms with van der Waals surface area (Å²) >= 11 is 3.40. The van der Waals surface area contributed by atoms with Crippen molar-refractivity contribution in [3.63, 3.8) is 0 Å². The van der Waals surface area contributed by atoms with E-state index in [1.807, 2.05) is 42.5 Å². The maximum Gasteiger partial charge on any atom is 0.332 e. The van der Waals surface area contributed by atoms with Crippen molar-refractivity contribution in [3.8, 4) is 0 Å². The zero-order valence-electron chi connectivity index (χ0n) is 13.1. The molecular weight excluding hydrogens is 386 g/mol. The van der Waals surface area contributed by atoms with Crippen molar-refractivity contribution in [3.05, 3.63) is 63.8 Å². The predicted molar refractivity (Wildman–Crippen MR) is 98.1 cm³/mol. The Labute approximate surface area is 151 Å². The molecule has 2 aromatic carbocycles. The van der Waals surface area contributed by atoms with Crippen LogP contribution in [-0.4, -0.2) is 17.6 Å². The van der Waals surface area contributed by atoms with Gasteiger partial charge < -0.3 is 15.5 Å². The molecule has 0 spiro atoms. The summed E-state index contributed by atoms with van der Waals surface area (Å²) < 4.78 is 0.870. The first-order chi connectivity index (χ1) is 12.0. The lowest BCUT2D eigenvalue weighted by atomic mass is 10.0. The number of nitrogens with zero attached hydrogens (tertiary/aromatic N) is 1. The van der Waals surface area contributed by atoms with Crippen molar-refractivity contribution in [2.75, 3.05) is 10.6 Å². The van der Waals surface area contributed by atoms with Crippen molar-refractivity contribution in [2.24, 2.45) is 5.16 Å². The SMILES string of the molecule is CC(=O)O/N=C1/C(=C2/C(=O)Nc3cc(Br)ccc32)Nc2ccccc21. The van der Waals surface area contributed by atoms with Gasteiger partial charge in [-0.2, -0.15) is 0 Å². The van der Waals surface area contributed by atoms with Crippen LogP contribution in [0.4, 0.5) is 11.4 Å². The second-order valence-corrected chi connectivity index (χ2v) is 6.50. The lowest BCUT2D eigenvalue weighted by molar-refractivity contribution is -0.140. The third-order valence-corrected chi connectivity index (χ3v) is 4.41. The summed E-state index contributed by atoms with van der Waals surface area (Å²) in [6.07, 6.45) is 0. The highest BCUT2D eigenvalue weighted by atomic mass is 79.9. The van der Waals surface area contributed by atoms with Gasteiger partial charge in [0.25, 0.3) is 5.91 Å². The number of para-hydroxylation sites is 1. The third kappa shape index (κ3) is 2.62. The van der Waals surface area contributed by atoms with Crippen molar-refractivity contribution in [2.45, 2.75) is 6.92 Å². The Morgan fingerprint density at radius 1 is 1.08 bits per heavy atom. The Bertz CT molecular complexity index is 995. The van der Waals surface area contributed by atoms with Crippen LogP contribution in [0.5, 0.6) is 0 Å². The van der Waals surface area contributed by atoms with Crippen LogP contribution in [0.2, 0.25) is 0 Å². The van der Waals surface area contributed by atoms with E-state index >= 15 is 0 Å². The standard InChI is InChI=1S/C18H12BrN3O3/c1-9(23)25-22-16-12-4-2-3-5-13(12)20-17(16)15-11-7-6-10(19)8-14(11)21-18(15)24/h2-8,20H,1H3,(H,21,24)/b17-15-,22-16+. The van der Waals surface area contributed by atoms with Gasteiger partial charge in [0.1, 0.15) is 5.71 Å². The fraction of sp³-hybridized carbons (Fsp3) is 0.0556. The first-order valence-electron chi connectivity index (χ1n) is 7.52. The molecule has 4 rings (SSSR count). The number of oxime groups is 1. The van der Waals surface area contributed by atoms with Crippen molar-refractivity contribution < 1.29 is 14.4 Å². The van der Waals surface area contributed by atoms with E-state index in [9.17, 15) is 9.59 Å². The number of hydrogen-bond acceptors (Lipinski definition) is 5. The smallest absolute Gasteiger partial charge is 0.332 e. The average molecular weight is 398 g/mol. The number of allylic oxidation sites excluding steroid dienone is 1. The number of halogens is 1. The normalized spacial score (nSPS) is 19.3. The molecule has 124 valence electrons. The van der Waals surface area contributed by atoms with E-state index in [-0.39, 0.29) is 5.91 Å². The van der Waals surface area contributed by atoms with Gasteiger partial charge in [-0.1, -0.05) is 45.4 Å². The minimum absolute atomic E-state index is 0.237. The van der Waals surface area contributed by atoms with Crippen molar-refractivity contribution in [1.29, 1.82) is 0 Å². The molecule has 0 unspecified atom stereocenters. The van der Waals surface area contributed by atoms with E-state index in [0.29, 0.717) is 22.7 Å². The van der Waals surface area contributed by atoms with Crippen molar-refractivity contribution in [1.82, 2.24) is 0 Å². The predicted octanol–water partition coefficient (Wildman–Crippen LogP) is 3.51. The molecule has 0 saturated heterocycles. The van der Waals surface area contributed by atoms with Gasteiger partial charge in [0.15, 0.2) is 0 Å². The molecule has 0 radical (unpaired) electrons. The summed E-state index contributed by atoms with van der Waals surface area (Å²) in [6.45, 7) is 1.28. The van der Waals surface area contributed by atoms with Crippen LogP contribution < -0.4 is 10.6 Å². The number of carbonyl (C=O) groups is 2. The number of benzene rings is 2. The largest absolute Gasteiger partial charge is 0.352 e. The minimum Gasteiger partial charge on any atom is -0.352 e. The Morgan fingerprint density at radius 3 is 2.68 bits per heavy atom. The fourth-order valence-electron chi connectivity index (χ4n) is 2.91. The topological polar surface area (TPSA) is 79.8 Å². The lowest BCUT2D eigenvalue weighted by Gasteiger charge is -2.06. The molecule has 2 aliphatic rings. The number of anilines is 2. The average Bonchev–Trinajstić information content (AvgIpc) is 3.08. The van der Waals surface area contributed by atoms with E-state index in [1.165, 1.54) is 6.92 Å². The molecule has 6 nitrogen and oxygen atoms in total. The molecule has 0 bridgehead atoms. The van der Waals surface area contributed by atoms with Crippen LogP contribution in [0.15, 0.2) is 57.8 Å². The van der Waals surface area contributed by atoms with Gasteiger partial charge in [0.2, 0.25) is 0 Å². The number of hydrogen-bond donors (Lipinski definition) is 2. The highest BCUT2D eigenvalue weighted by molar-refractivity contribution is 9.10. The molecule has 0 aromatic heterocycles. The molecule has 7 heteroatoms. The van der Waals surface area contributed by atoms with Crippen molar-refractivity contribution >= 4 is 50.5 Å². The van der Waals surface area contributed by atoms with E-state index < -0.39 is 5.97 Å². The van der Waals surface area contributed by atoms with Crippen LogP contribution in [0.25, 0.3) is 5.57 Å². The van der Waals surface area contributed by atoms with E-state index in [0.717, 1.165) is 21.3 Å². The highest BCUT2D eigenvalue weighted by Gasteiger charge is 2.34. The summed E-state index contributed by atoms with van der Waals surface area (Å²) in [7, 11) is 0. The number of fused-ring (bicyclic) bond motifs is 2. The van der Waals surface area contributed by atoms with Crippen LogP contribution in [0.3, 0.4) is 0 Å². The number of carbonyl (C=O) groups excluding carboxylic acids is 2. The molecule has 0 fully saturated rings. The summed E-state index contributed by atoms with van der Waals surface area (Å²) in [5.74, 6) is -0.764. The summed E-state index contributed by atoms with van der Waals surface area (Å²) in [5.41, 5.74) is 4.45. The Hall–Kier alpha value is -2.93. The third-order valence-electron chi connectivity index (χ3n) is 3.92. The zero-order valence-corrected chi connectivity index (χ0v) is 14.7. The zero-order chi connectivity index (χ0) is 17.6. The second-order valence-electron chi connectivity index (χ2n) is 5.59. The van der Waals surface area contributed by atoms with Crippen LogP contribution >= 0.6 is 15.9 Å². The van der Waals surface area contributed by atoms with Crippen LogP contribution in [0, 0.1) is 0 Å².